The van der Waals surface area contributed by atoms with Gasteiger partial charge in [0.15, 0.2) is 0 Å². The Morgan fingerprint density at radius 3 is 2.46 bits per heavy atom. The van der Waals surface area contributed by atoms with E-state index in [1.807, 2.05) is 0 Å². The molecule has 2 atom stereocenters. The number of carbonyl (C=O) groups excluding carboxylic acids is 1. The summed E-state index contributed by atoms with van der Waals surface area (Å²) in [4.78, 5) is 10.8. The summed E-state index contributed by atoms with van der Waals surface area (Å²) in [6.07, 6.45) is 0.807. The van der Waals surface area contributed by atoms with Crippen molar-refractivity contribution in [2.75, 3.05) is 0 Å². The number of carbonyl (C=O) groups is 1. The number of hydrogen-bond donors (Lipinski definition) is 1. The second-order valence-electron chi connectivity index (χ2n) is 3.40. The van der Waals surface area contributed by atoms with Gasteiger partial charge in [0.05, 0.1) is 0 Å². The van der Waals surface area contributed by atoms with Gasteiger partial charge in [-0.2, -0.15) is 0 Å². The van der Waals surface area contributed by atoms with Crippen LogP contribution in [0.15, 0.2) is 24.3 Å². The van der Waals surface area contributed by atoms with Gasteiger partial charge in [-0.15, -0.1) is 0 Å². The number of hydrogen-bond acceptors (Lipinski definition) is 1. The van der Waals surface area contributed by atoms with Crippen molar-refractivity contribution >= 4 is 5.91 Å². The summed E-state index contributed by atoms with van der Waals surface area (Å²) in [5.74, 6) is -0.321. The van der Waals surface area contributed by atoms with Crippen LogP contribution in [0.5, 0.6) is 0 Å². The minimum Gasteiger partial charge on any atom is -0.369 e. The maximum absolute atomic E-state index is 12.5. The van der Waals surface area contributed by atoms with Gasteiger partial charge in [-0.05, 0) is 30.0 Å². The van der Waals surface area contributed by atoms with E-state index in [4.69, 9.17) is 5.73 Å². The Bertz CT molecular complexity index is 333. The Balaban J connectivity index is 2.12. The topological polar surface area (TPSA) is 43.1 Å². The van der Waals surface area contributed by atoms with Gasteiger partial charge in [-0.25, -0.2) is 4.39 Å². The molecule has 0 bridgehead atoms. The monoisotopic (exact) mass is 179 g/mol. The number of halogens is 1. The smallest absolute Gasteiger partial charge is 0.221 e. The van der Waals surface area contributed by atoms with Crippen LogP contribution >= 0.6 is 0 Å². The molecule has 1 aromatic rings. The second kappa shape index (κ2) is 2.83. The van der Waals surface area contributed by atoms with Crippen LogP contribution in [0.4, 0.5) is 4.39 Å². The molecule has 1 saturated carbocycles. The molecule has 0 saturated heterocycles. The van der Waals surface area contributed by atoms with E-state index in [1.165, 1.54) is 12.1 Å². The van der Waals surface area contributed by atoms with E-state index in [0.717, 1.165) is 12.0 Å². The highest BCUT2D eigenvalue weighted by atomic mass is 19.1. The van der Waals surface area contributed by atoms with Crippen LogP contribution in [0, 0.1) is 11.7 Å². The van der Waals surface area contributed by atoms with Gasteiger partial charge in [0.2, 0.25) is 5.91 Å². The van der Waals surface area contributed by atoms with E-state index in [-0.39, 0.29) is 23.6 Å². The van der Waals surface area contributed by atoms with E-state index in [0.29, 0.717) is 0 Å². The average molecular weight is 179 g/mol. The number of nitrogens with two attached hydrogens (primary N) is 1. The van der Waals surface area contributed by atoms with Crippen LogP contribution in [0.3, 0.4) is 0 Å². The van der Waals surface area contributed by atoms with Crippen molar-refractivity contribution in [3.05, 3.63) is 35.6 Å². The summed E-state index contributed by atoms with van der Waals surface area (Å²) in [7, 11) is 0. The minimum atomic E-state index is -0.255. The van der Waals surface area contributed by atoms with Gasteiger partial charge in [-0.1, -0.05) is 12.1 Å². The second-order valence-corrected chi connectivity index (χ2v) is 3.40. The molecule has 1 aliphatic carbocycles. The molecule has 0 aromatic heterocycles. The number of primary amides is 1. The molecular formula is C10H10FNO. The summed E-state index contributed by atoms with van der Waals surface area (Å²) < 4.78 is 12.5. The first-order valence-electron chi connectivity index (χ1n) is 4.23. The molecular weight excluding hydrogens is 169 g/mol. The minimum absolute atomic E-state index is 0.0366. The third kappa shape index (κ3) is 1.54. The van der Waals surface area contributed by atoms with Crippen LogP contribution in [0.25, 0.3) is 0 Å². The zero-order chi connectivity index (χ0) is 9.42. The molecule has 1 amide bonds. The third-order valence-electron chi connectivity index (χ3n) is 2.45. The van der Waals surface area contributed by atoms with Crippen LogP contribution < -0.4 is 5.73 Å². The lowest BCUT2D eigenvalue weighted by Crippen LogP contribution is -2.13. The first-order chi connectivity index (χ1) is 6.18. The Morgan fingerprint density at radius 1 is 1.38 bits per heavy atom. The van der Waals surface area contributed by atoms with E-state index < -0.39 is 0 Å². The first kappa shape index (κ1) is 8.23. The van der Waals surface area contributed by atoms with Crippen molar-refractivity contribution in [3.8, 4) is 0 Å². The predicted octanol–water partition coefficient (Wildman–Crippen LogP) is 1.41. The van der Waals surface area contributed by atoms with Crippen LogP contribution in [0.1, 0.15) is 17.9 Å². The van der Waals surface area contributed by atoms with Crippen LogP contribution in [-0.2, 0) is 4.79 Å². The van der Waals surface area contributed by atoms with Crippen molar-refractivity contribution in [2.24, 2.45) is 11.7 Å². The zero-order valence-corrected chi connectivity index (χ0v) is 7.03. The fraction of sp³-hybridized carbons (Fsp3) is 0.300. The predicted molar refractivity (Wildman–Crippen MR) is 46.4 cm³/mol. The van der Waals surface area contributed by atoms with Gasteiger partial charge in [0.25, 0.3) is 0 Å². The Morgan fingerprint density at radius 2 is 2.00 bits per heavy atom. The summed E-state index contributed by atoms with van der Waals surface area (Å²) in [6.45, 7) is 0. The van der Waals surface area contributed by atoms with E-state index >= 15 is 0 Å². The molecule has 68 valence electrons. The van der Waals surface area contributed by atoms with Gasteiger partial charge in [0, 0.05) is 5.92 Å². The summed E-state index contributed by atoms with van der Waals surface area (Å²) >= 11 is 0. The molecule has 1 fully saturated rings. The molecule has 0 radical (unpaired) electrons. The first-order valence-corrected chi connectivity index (χ1v) is 4.23. The SMILES string of the molecule is NC(=O)C1C[C@@H]1c1ccc(F)cc1. The Hall–Kier alpha value is -1.38. The molecule has 0 aliphatic heterocycles. The molecule has 0 spiro atoms. The fourth-order valence-corrected chi connectivity index (χ4v) is 1.59. The third-order valence-corrected chi connectivity index (χ3v) is 2.45. The highest BCUT2D eigenvalue weighted by molar-refractivity contribution is 5.81. The summed E-state index contributed by atoms with van der Waals surface area (Å²) in [5.41, 5.74) is 6.15. The number of rotatable bonds is 2. The van der Waals surface area contributed by atoms with Crippen LogP contribution in [0.2, 0.25) is 0 Å². The molecule has 2 nitrogen and oxygen atoms in total. The Kier molecular flexibility index (Phi) is 1.79. The molecule has 2 N–H and O–H groups in total. The highest BCUT2D eigenvalue weighted by Gasteiger charge is 2.42. The molecule has 1 unspecified atom stereocenters. The van der Waals surface area contributed by atoms with Gasteiger partial charge >= 0.3 is 0 Å². The lowest BCUT2D eigenvalue weighted by Gasteiger charge is -1.97. The lowest BCUT2D eigenvalue weighted by atomic mass is 10.1. The van der Waals surface area contributed by atoms with Gasteiger partial charge < -0.3 is 5.73 Å². The summed E-state index contributed by atoms with van der Waals surface area (Å²) in [5, 5.41) is 0. The quantitative estimate of drug-likeness (QED) is 0.732. The van der Waals surface area contributed by atoms with Crippen molar-refractivity contribution < 1.29 is 9.18 Å². The van der Waals surface area contributed by atoms with Crippen molar-refractivity contribution in [2.45, 2.75) is 12.3 Å². The van der Waals surface area contributed by atoms with Gasteiger partial charge in [-0.3, -0.25) is 4.79 Å². The van der Waals surface area contributed by atoms with Crippen molar-refractivity contribution in [1.82, 2.24) is 0 Å². The molecule has 2 rings (SSSR count). The van der Waals surface area contributed by atoms with E-state index in [1.54, 1.807) is 12.1 Å². The van der Waals surface area contributed by atoms with Crippen LogP contribution in [-0.4, -0.2) is 5.91 Å². The van der Waals surface area contributed by atoms with E-state index in [2.05, 4.69) is 0 Å². The zero-order valence-electron chi connectivity index (χ0n) is 7.03. The lowest BCUT2D eigenvalue weighted by molar-refractivity contribution is -0.119. The van der Waals surface area contributed by atoms with Crippen molar-refractivity contribution in [1.29, 1.82) is 0 Å². The molecule has 3 heteroatoms. The average Bonchev–Trinajstić information content (AvgIpc) is 2.85. The molecule has 1 aliphatic rings. The van der Waals surface area contributed by atoms with Gasteiger partial charge in [0.1, 0.15) is 5.82 Å². The fourth-order valence-electron chi connectivity index (χ4n) is 1.59. The maximum Gasteiger partial charge on any atom is 0.221 e. The highest BCUT2D eigenvalue weighted by Crippen LogP contribution is 2.46. The molecule has 13 heavy (non-hydrogen) atoms. The van der Waals surface area contributed by atoms with Crippen molar-refractivity contribution in [3.63, 3.8) is 0 Å². The number of benzene rings is 1. The normalized spacial score (nSPS) is 25.6. The standard InChI is InChI=1S/C10H10FNO/c11-7-3-1-6(2-4-7)8-5-9(8)10(12)13/h1-4,8-9H,5H2,(H2,12,13)/t8-,9?/m1/s1. The van der Waals surface area contributed by atoms with E-state index in [9.17, 15) is 9.18 Å². The molecule has 0 heterocycles. The largest absolute Gasteiger partial charge is 0.369 e. The maximum atomic E-state index is 12.5. The number of amides is 1. The molecule has 1 aromatic carbocycles. The Labute approximate surface area is 75.6 Å². The summed E-state index contributed by atoms with van der Waals surface area (Å²) in [6, 6.07) is 6.24.